The van der Waals surface area contributed by atoms with E-state index in [4.69, 9.17) is 11.5 Å². The third-order valence-electron chi connectivity index (χ3n) is 11.1. The second kappa shape index (κ2) is 24.7. The van der Waals surface area contributed by atoms with E-state index >= 15 is 0 Å². The Morgan fingerprint density at radius 3 is 0.923 bits per heavy atom. The molecule has 0 unspecified atom stereocenters. The quantitative estimate of drug-likeness (QED) is 0.0480. The SMILES string of the molecule is CCCCc1cc(Cc2ccc(CCCCCCCCCCCCCCCCc3ccc(Cc4ccc(N)c(CCCC)c4)cc3)cc2)ccc1N. The molecule has 0 fully saturated rings. The van der Waals surface area contributed by atoms with Crippen molar-refractivity contribution in [2.75, 3.05) is 11.5 Å². The van der Waals surface area contributed by atoms with Gasteiger partial charge in [-0.15, -0.1) is 0 Å². The lowest BCUT2D eigenvalue weighted by atomic mass is 9.97. The third-order valence-corrected chi connectivity index (χ3v) is 11.1. The van der Waals surface area contributed by atoms with Gasteiger partial charge in [0, 0.05) is 11.4 Å². The smallest absolute Gasteiger partial charge is 0.0346 e. The van der Waals surface area contributed by atoms with Gasteiger partial charge in [0.15, 0.2) is 0 Å². The number of rotatable bonds is 27. The molecular formula is C50H72N2. The third kappa shape index (κ3) is 16.0. The predicted octanol–water partition coefficient (Wildman–Crippen LogP) is 14.0. The fourth-order valence-corrected chi connectivity index (χ4v) is 7.60. The first-order chi connectivity index (χ1) is 25.5. The van der Waals surface area contributed by atoms with Crippen LogP contribution in [0.25, 0.3) is 0 Å². The predicted molar refractivity (Wildman–Crippen MR) is 229 cm³/mol. The van der Waals surface area contributed by atoms with Gasteiger partial charge in [-0.3, -0.25) is 0 Å². The van der Waals surface area contributed by atoms with Gasteiger partial charge in [0.2, 0.25) is 0 Å². The molecule has 0 aliphatic carbocycles. The molecule has 2 nitrogen and oxygen atoms in total. The minimum Gasteiger partial charge on any atom is -0.399 e. The number of unbranched alkanes of at least 4 members (excludes halogenated alkanes) is 15. The molecule has 0 aliphatic heterocycles. The summed E-state index contributed by atoms with van der Waals surface area (Å²) < 4.78 is 0. The minimum absolute atomic E-state index is 0.942. The van der Waals surface area contributed by atoms with Crippen LogP contribution >= 0.6 is 0 Å². The van der Waals surface area contributed by atoms with Gasteiger partial charge in [-0.25, -0.2) is 0 Å². The van der Waals surface area contributed by atoms with E-state index in [0.717, 1.165) is 37.1 Å². The summed E-state index contributed by atoms with van der Waals surface area (Å²) in [6.45, 7) is 4.48. The lowest BCUT2D eigenvalue weighted by molar-refractivity contribution is 0.533. The molecule has 0 aliphatic rings. The summed E-state index contributed by atoms with van der Waals surface area (Å²) in [7, 11) is 0. The van der Waals surface area contributed by atoms with Crippen LogP contribution in [-0.4, -0.2) is 0 Å². The van der Waals surface area contributed by atoms with Crippen molar-refractivity contribution in [1.82, 2.24) is 0 Å². The topological polar surface area (TPSA) is 52.0 Å². The molecule has 52 heavy (non-hydrogen) atoms. The molecule has 0 heterocycles. The second-order valence-corrected chi connectivity index (χ2v) is 15.7. The number of nitrogen functional groups attached to an aromatic ring is 2. The maximum Gasteiger partial charge on any atom is 0.0346 e. The summed E-state index contributed by atoms with van der Waals surface area (Å²) in [4.78, 5) is 0. The zero-order chi connectivity index (χ0) is 36.6. The Labute approximate surface area is 319 Å². The Bertz CT molecular complexity index is 1400. The molecule has 4 rings (SSSR count). The van der Waals surface area contributed by atoms with E-state index in [1.807, 2.05) is 0 Å². The molecule has 0 atom stereocenters. The van der Waals surface area contributed by atoms with Crippen molar-refractivity contribution in [2.45, 2.75) is 168 Å². The number of anilines is 2. The van der Waals surface area contributed by atoms with Crippen molar-refractivity contribution < 1.29 is 0 Å². The Morgan fingerprint density at radius 2 is 0.596 bits per heavy atom. The largest absolute Gasteiger partial charge is 0.399 e. The van der Waals surface area contributed by atoms with E-state index in [2.05, 4.69) is 98.8 Å². The molecule has 2 heteroatoms. The normalized spacial score (nSPS) is 11.3. The van der Waals surface area contributed by atoms with Gasteiger partial charge in [-0.2, -0.15) is 0 Å². The van der Waals surface area contributed by atoms with Crippen LogP contribution in [0.3, 0.4) is 0 Å². The van der Waals surface area contributed by atoms with Gasteiger partial charge >= 0.3 is 0 Å². The number of hydrogen-bond donors (Lipinski definition) is 2. The van der Waals surface area contributed by atoms with Crippen LogP contribution in [0.15, 0.2) is 84.9 Å². The Morgan fingerprint density at radius 1 is 0.308 bits per heavy atom. The van der Waals surface area contributed by atoms with Crippen LogP contribution in [0.1, 0.15) is 174 Å². The van der Waals surface area contributed by atoms with Crippen molar-refractivity contribution >= 4 is 11.4 Å². The molecule has 0 bridgehead atoms. The average molecular weight is 701 g/mol. The highest BCUT2D eigenvalue weighted by Crippen LogP contribution is 2.22. The summed E-state index contributed by atoms with van der Waals surface area (Å²) in [5.41, 5.74) is 25.4. The number of nitrogens with two attached hydrogens (primary N) is 2. The monoisotopic (exact) mass is 701 g/mol. The molecule has 282 valence electrons. The fraction of sp³-hybridized carbons (Fsp3) is 0.520. The summed E-state index contributed by atoms with van der Waals surface area (Å²) in [5.74, 6) is 0. The second-order valence-electron chi connectivity index (χ2n) is 15.7. The first kappa shape index (κ1) is 41.2. The maximum absolute atomic E-state index is 6.21. The molecule has 0 amide bonds. The first-order valence-electron chi connectivity index (χ1n) is 21.4. The number of aryl methyl sites for hydroxylation is 4. The van der Waals surface area contributed by atoms with Crippen LogP contribution in [0, 0.1) is 0 Å². The molecule has 0 saturated heterocycles. The van der Waals surface area contributed by atoms with Crippen molar-refractivity contribution in [3.63, 3.8) is 0 Å². The number of benzene rings is 4. The van der Waals surface area contributed by atoms with Gasteiger partial charge in [-0.1, -0.05) is 177 Å². The lowest BCUT2D eigenvalue weighted by Gasteiger charge is -2.09. The molecule has 0 saturated carbocycles. The molecule has 4 aromatic rings. The van der Waals surface area contributed by atoms with Gasteiger partial charge in [0.1, 0.15) is 0 Å². The highest BCUT2D eigenvalue weighted by atomic mass is 14.6. The Balaban J connectivity index is 0.933. The summed E-state index contributed by atoms with van der Waals surface area (Å²) in [6.07, 6.45) is 30.9. The van der Waals surface area contributed by atoms with Crippen LogP contribution < -0.4 is 11.5 Å². The molecule has 4 N–H and O–H groups in total. The Kier molecular flexibility index (Phi) is 19.6. The molecular weight excluding hydrogens is 629 g/mol. The summed E-state index contributed by atoms with van der Waals surface area (Å²) in [6, 6.07) is 31.9. The molecule has 0 spiro atoms. The Hall–Kier alpha value is -3.52. The van der Waals surface area contributed by atoms with E-state index in [1.54, 1.807) is 0 Å². The zero-order valence-electron chi connectivity index (χ0n) is 33.2. The van der Waals surface area contributed by atoms with Crippen molar-refractivity contribution in [2.24, 2.45) is 0 Å². The minimum atomic E-state index is 0.942. The van der Waals surface area contributed by atoms with E-state index in [0.29, 0.717) is 0 Å². The summed E-state index contributed by atoms with van der Waals surface area (Å²) in [5, 5.41) is 0. The van der Waals surface area contributed by atoms with Gasteiger partial charge in [-0.05, 0) is 121 Å². The molecule has 0 aromatic heterocycles. The van der Waals surface area contributed by atoms with Crippen molar-refractivity contribution in [3.05, 3.63) is 129 Å². The highest BCUT2D eigenvalue weighted by Gasteiger charge is 2.05. The van der Waals surface area contributed by atoms with Crippen LogP contribution in [0.5, 0.6) is 0 Å². The van der Waals surface area contributed by atoms with Gasteiger partial charge in [0.05, 0.1) is 0 Å². The van der Waals surface area contributed by atoms with Crippen LogP contribution in [0.2, 0.25) is 0 Å². The number of hydrogen-bond acceptors (Lipinski definition) is 2. The van der Waals surface area contributed by atoms with Crippen LogP contribution in [0.4, 0.5) is 11.4 Å². The van der Waals surface area contributed by atoms with Crippen molar-refractivity contribution in [3.8, 4) is 0 Å². The van der Waals surface area contributed by atoms with Crippen LogP contribution in [-0.2, 0) is 38.5 Å². The van der Waals surface area contributed by atoms with E-state index in [-0.39, 0.29) is 0 Å². The highest BCUT2D eigenvalue weighted by molar-refractivity contribution is 5.50. The first-order valence-corrected chi connectivity index (χ1v) is 21.4. The zero-order valence-corrected chi connectivity index (χ0v) is 33.2. The lowest BCUT2D eigenvalue weighted by Crippen LogP contribution is -1.97. The average Bonchev–Trinajstić information content (AvgIpc) is 3.16. The van der Waals surface area contributed by atoms with Crippen molar-refractivity contribution in [1.29, 1.82) is 0 Å². The van der Waals surface area contributed by atoms with Gasteiger partial charge in [0.25, 0.3) is 0 Å². The molecule has 0 radical (unpaired) electrons. The van der Waals surface area contributed by atoms with E-state index in [9.17, 15) is 0 Å². The standard InChI is InChI=1S/C50H72N2/c1-3-5-23-47-39-45(33-35-49(47)51)37-43-29-25-41(26-30-43)21-19-17-15-13-11-9-7-8-10-12-14-16-18-20-22-42-27-31-44(32-28-42)38-46-34-36-50(52)48(40-46)24-6-4-2/h25-36,39-40H,3-24,37-38,51-52H2,1-2H3. The van der Waals surface area contributed by atoms with E-state index in [1.165, 1.54) is 173 Å². The van der Waals surface area contributed by atoms with E-state index < -0.39 is 0 Å². The molecule has 4 aromatic carbocycles. The summed E-state index contributed by atoms with van der Waals surface area (Å²) >= 11 is 0. The van der Waals surface area contributed by atoms with Gasteiger partial charge < -0.3 is 11.5 Å². The maximum atomic E-state index is 6.21. The fourth-order valence-electron chi connectivity index (χ4n) is 7.60.